The number of aryl methyl sites for hydroxylation is 1. The van der Waals surface area contributed by atoms with Gasteiger partial charge >= 0.3 is 0 Å². The predicted molar refractivity (Wildman–Crippen MR) is 53.6 cm³/mol. The first-order chi connectivity index (χ1) is 7.13. The van der Waals surface area contributed by atoms with Crippen LogP contribution in [0, 0.1) is 17.1 Å². The lowest BCUT2D eigenvalue weighted by Gasteiger charge is -2.07. The van der Waals surface area contributed by atoms with E-state index in [-0.39, 0.29) is 5.56 Å². The zero-order valence-corrected chi connectivity index (χ0v) is 8.33. The molecule has 1 N–H and O–H groups in total. The van der Waals surface area contributed by atoms with Crippen molar-refractivity contribution in [3.8, 4) is 6.07 Å². The fraction of sp³-hybridized carbons (Fsp3) is 0.417. The van der Waals surface area contributed by atoms with Crippen molar-refractivity contribution in [3.63, 3.8) is 0 Å². The van der Waals surface area contributed by atoms with Crippen LogP contribution < -0.4 is 0 Å². The molecule has 2 rings (SSSR count). The highest BCUT2D eigenvalue weighted by molar-refractivity contribution is 5.34. The minimum atomic E-state index is -0.485. The zero-order chi connectivity index (χ0) is 10.9. The largest absolute Gasteiger partial charge is 0.390 e. The first-order valence-electron chi connectivity index (χ1n) is 5.04. The lowest BCUT2D eigenvalue weighted by atomic mass is 10.0. The Kier molecular flexibility index (Phi) is 2.45. The molecule has 0 aromatic heterocycles. The van der Waals surface area contributed by atoms with E-state index in [2.05, 4.69) is 0 Å². The summed E-state index contributed by atoms with van der Waals surface area (Å²) < 4.78 is 13.0. The van der Waals surface area contributed by atoms with Gasteiger partial charge in [-0.3, -0.25) is 0 Å². The molecular weight excluding hydrogens is 193 g/mol. The summed E-state index contributed by atoms with van der Waals surface area (Å²) in [4.78, 5) is 0. The van der Waals surface area contributed by atoms with Crippen molar-refractivity contribution >= 4 is 0 Å². The Morgan fingerprint density at radius 3 is 2.80 bits per heavy atom. The molecule has 15 heavy (non-hydrogen) atoms. The first-order valence-corrected chi connectivity index (χ1v) is 5.04. The van der Waals surface area contributed by atoms with Crippen LogP contribution in [-0.4, -0.2) is 10.7 Å². The molecule has 1 aromatic carbocycles. The maximum atomic E-state index is 13.0. The van der Waals surface area contributed by atoms with Crippen molar-refractivity contribution in [2.75, 3.05) is 0 Å². The Hall–Kier alpha value is -1.40. The van der Waals surface area contributed by atoms with Gasteiger partial charge in [0.15, 0.2) is 0 Å². The smallest absolute Gasteiger partial charge is 0.140 e. The first kappa shape index (κ1) is 10.1. The number of rotatable bonds is 3. The van der Waals surface area contributed by atoms with Crippen molar-refractivity contribution in [1.29, 1.82) is 5.26 Å². The van der Waals surface area contributed by atoms with Crippen LogP contribution in [0.25, 0.3) is 0 Å². The van der Waals surface area contributed by atoms with Crippen LogP contribution in [0.3, 0.4) is 0 Å². The molecule has 0 atom stereocenters. The Balaban J connectivity index is 2.06. The summed E-state index contributed by atoms with van der Waals surface area (Å²) in [5.74, 6) is -0.480. The molecule has 1 aliphatic rings. The van der Waals surface area contributed by atoms with Gasteiger partial charge in [0.25, 0.3) is 0 Å². The van der Waals surface area contributed by atoms with Crippen LogP contribution in [-0.2, 0) is 6.42 Å². The van der Waals surface area contributed by atoms with Crippen molar-refractivity contribution in [2.45, 2.75) is 31.3 Å². The Morgan fingerprint density at radius 1 is 1.47 bits per heavy atom. The van der Waals surface area contributed by atoms with E-state index in [0.29, 0.717) is 12.8 Å². The van der Waals surface area contributed by atoms with Crippen molar-refractivity contribution in [1.82, 2.24) is 0 Å². The SMILES string of the molecule is N#Cc1cc(CCC2(O)CC2)ccc1F. The Bertz CT molecular complexity index is 418. The van der Waals surface area contributed by atoms with Crippen LogP contribution in [0.5, 0.6) is 0 Å². The van der Waals surface area contributed by atoms with Gasteiger partial charge < -0.3 is 5.11 Å². The summed E-state index contributed by atoms with van der Waals surface area (Å²) in [6.07, 6.45) is 3.12. The summed E-state index contributed by atoms with van der Waals surface area (Å²) >= 11 is 0. The van der Waals surface area contributed by atoms with Gasteiger partial charge in [-0.1, -0.05) is 6.07 Å². The van der Waals surface area contributed by atoms with Crippen LogP contribution in [0.1, 0.15) is 30.4 Å². The zero-order valence-electron chi connectivity index (χ0n) is 8.33. The van der Waals surface area contributed by atoms with E-state index >= 15 is 0 Å². The molecule has 1 fully saturated rings. The summed E-state index contributed by atoms with van der Waals surface area (Å²) in [6.45, 7) is 0. The molecule has 0 radical (unpaired) electrons. The van der Waals surface area contributed by atoms with Crippen molar-refractivity contribution < 1.29 is 9.50 Å². The second-order valence-electron chi connectivity index (χ2n) is 4.15. The molecular formula is C12H12FNO. The highest BCUT2D eigenvalue weighted by Crippen LogP contribution is 2.39. The van der Waals surface area contributed by atoms with E-state index in [1.54, 1.807) is 12.1 Å². The maximum absolute atomic E-state index is 13.0. The predicted octanol–water partition coefficient (Wildman–Crippen LogP) is 2.15. The minimum absolute atomic E-state index is 0.0790. The van der Waals surface area contributed by atoms with E-state index in [1.165, 1.54) is 6.07 Å². The quantitative estimate of drug-likeness (QED) is 0.821. The van der Waals surface area contributed by atoms with Gasteiger partial charge in [-0.2, -0.15) is 5.26 Å². The van der Waals surface area contributed by atoms with Gasteiger partial charge in [-0.25, -0.2) is 4.39 Å². The monoisotopic (exact) mass is 205 g/mol. The van der Waals surface area contributed by atoms with Crippen LogP contribution >= 0.6 is 0 Å². The van der Waals surface area contributed by atoms with Gasteiger partial charge in [0, 0.05) is 0 Å². The van der Waals surface area contributed by atoms with E-state index in [4.69, 9.17) is 5.26 Å². The number of hydrogen-bond donors (Lipinski definition) is 1. The Morgan fingerprint density at radius 2 is 2.20 bits per heavy atom. The van der Waals surface area contributed by atoms with Crippen molar-refractivity contribution in [3.05, 3.63) is 35.1 Å². The maximum Gasteiger partial charge on any atom is 0.140 e. The molecule has 0 heterocycles. The molecule has 3 heteroatoms. The lowest BCUT2D eigenvalue weighted by Crippen LogP contribution is -2.07. The molecule has 1 aromatic rings. The molecule has 1 aliphatic carbocycles. The minimum Gasteiger partial charge on any atom is -0.390 e. The molecule has 0 amide bonds. The fourth-order valence-electron chi connectivity index (χ4n) is 1.58. The molecule has 0 aliphatic heterocycles. The average molecular weight is 205 g/mol. The number of nitriles is 1. The topological polar surface area (TPSA) is 44.0 Å². The molecule has 78 valence electrons. The average Bonchev–Trinajstić information content (AvgIpc) is 2.96. The highest BCUT2D eigenvalue weighted by Gasteiger charge is 2.39. The number of aliphatic hydroxyl groups is 1. The van der Waals surface area contributed by atoms with E-state index in [1.807, 2.05) is 6.07 Å². The summed E-state index contributed by atoms with van der Waals surface area (Å²) in [7, 11) is 0. The number of benzene rings is 1. The third kappa shape index (κ3) is 2.34. The van der Waals surface area contributed by atoms with Crippen LogP contribution in [0.4, 0.5) is 4.39 Å². The highest BCUT2D eigenvalue weighted by atomic mass is 19.1. The van der Waals surface area contributed by atoms with Gasteiger partial charge in [0.2, 0.25) is 0 Å². The van der Waals surface area contributed by atoms with Crippen LogP contribution in [0.15, 0.2) is 18.2 Å². The summed E-state index contributed by atoms with van der Waals surface area (Å²) in [6, 6.07) is 6.35. The number of hydrogen-bond acceptors (Lipinski definition) is 2. The molecule has 0 spiro atoms. The molecule has 1 saturated carbocycles. The van der Waals surface area contributed by atoms with E-state index in [0.717, 1.165) is 18.4 Å². The van der Waals surface area contributed by atoms with E-state index < -0.39 is 11.4 Å². The van der Waals surface area contributed by atoms with Gasteiger partial charge in [-0.15, -0.1) is 0 Å². The third-order valence-electron chi connectivity index (χ3n) is 2.86. The fourth-order valence-corrected chi connectivity index (χ4v) is 1.58. The van der Waals surface area contributed by atoms with Gasteiger partial charge in [0.1, 0.15) is 11.9 Å². The molecule has 0 unspecified atom stereocenters. The van der Waals surface area contributed by atoms with Gasteiger partial charge in [-0.05, 0) is 43.4 Å². The number of halogens is 1. The molecule has 0 saturated heterocycles. The number of nitrogens with zero attached hydrogens (tertiary/aromatic N) is 1. The second kappa shape index (κ2) is 3.63. The summed E-state index contributed by atoms with van der Waals surface area (Å²) in [5, 5.41) is 18.3. The summed E-state index contributed by atoms with van der Waals surface area (Å²) in [5.41, 5.74) is 0.504. The lowest BCUT2D eigenvalue weighted by molar-refractivity contribution is 0.140. The van der Waals surface area contributed by atoms with Gasteiger partial charge in [0.05, 0.1) is 11.2 Å². The molecule has 0 bridgehead atoms. The normalized spacial score (nSPS) is 17.1. The van der Waals surface area contributed by atoms with Crippen molar-refractivity contribution in [2.24, 2.45) is 0 Å². The molecule has 2 nitrogen and oxygen atoms in total. The van der Waals surface area contributed by atoms with E-state index in [9.17, 15) is 9.50 Å². The standard InChI is InChI=1S/C12H12FNO/c13-11-2-1-9(7-10(11)8-14)3-4-12(15)5-6-12/h1-2,7,15H,3-6H2. The Labute approximate surface area is 88.0 Å². The second-order valence-corrected chi connectivity index (χ2v) is 4.15. The third-order valence-corrected chi connectivity index (χ3v) is 2.86. The van der Waals surface area contributed by atoms with Crippen LogP contribution in [0.2, 0.25) is 0 Å².